The zero-order valence-electron chi connectivity index (χ0n) is 15.1. The highest BCUT2D eigenvalue weighted by atomic mass is 16.3. The normalized spacial score (nSPS) is 29.6. The first kappa shape index (κ1) is 18.7. The first-order valence-corrected chi connectivity index (χ1v) is 9.04. The third-order valence-corrected chi connectivity index (χ3v) is 5.96. The Morgan fingerprint density at radius 2 is 2.05 bits per heavy atom. The number of hydrogen-bond donors (Lipinski definition) is 1. The summed E-state index contributed by atoms with van der Waals surface area (Å²) < 4.78 is 0. The van der Waals surface area contributed by atoms with Gasteiger partial charge in [-0.2, -0.15) is 0 Å². The van der Waals surface area contributed by atoms with Crippen LogP contribution in [0.1, 0.15) is 86.0 Å². The minimum atomic E-state index is -0.681. The maximum Gasteiger partial charge on any atom is 0.0797 e. The minimum Gasteiger partial charge on any atom is -0.386 e. The van der Waals surface area contributed by atoms with E-state index in [0.29, 0.717) is 5.41 Å². The summed E-state index contributed by atoms with van der Waals surface area (Å²) in [6, 6.07) is 0. The lowest BCUT2D eigenvalue weighted by Gasteiger charge is -2.43. The van der Waals surface area contributed by atoms with E-state index in [1.54, 1.807) is 6.08 Å². The van der Waals surface area contributed by atoms with Crippen molar-refractivity contribution in [2.24, 2.45) is 23.2 Å². The highest BCUT2D eigenvalue weighted by molar-refractivity contribution is 4.91. The van der Waals surface area contributed by atoms with Crippen LogP contribution >= 0.6 is 0 Å². The molecule has 1 aliphatic rings. The molecule has 1 N–H and O–H groups in total. The van der Waals surface area contributed by atoms with E-state index in [9.17, 15) is 5.11 Å². The van der Waals surface area contributed by atoms with Crippen LogP contribution in [0.25, 0.3) is 0 Å². The second-order valence-corrected chi connectivity index (χ2v) is 8.60. The number of rotatable bonds is 8. The summed E-state index contributed by atoms with van der Waals surface area (Å²) in [5.41, 5.74) is -0.149. The largest absolute Gasteiger partial charge is 0.386 e. The monoisotopic (exact) mass is 294 g/mol. The third-order valence-electron chi connectivity index (χ3n) is 5.96. The second-order valence-electron chi connectivity index (χ2n) is 8.60. The quantitative estimate of drug-likeness (QED) is 0.547. The van der Waals surface area contributed by atoms with Gasteiger partial charge in [0.05, 0.1) is 5.60 Å². The maximum atomic E-state index is 9.96. The van der Waals surface area contributed by atoms with E-state index >= 15 is 0 Å². The van der Waals surface area contributed by atoms with Gasteiger partial charge in [-0.1, -0.05) is 65.9 Å². The molecule has 0 amide bonds. The van der Waals surface area contributed by atoms with Crippen molar-refractivity contribution in [3.63, 3.8) is 0 Å². The van der Waals surface area contributed by atoms with E-state index in [1.807, 2.05) is 6.92 Å². The highest BCUT2D eigenvalue weighted by Gasteiger charge is 2.36. The molecule has 0 spiro atoms. The van der Waals surface area contributed by atoms with Crippen LogP contribution in [0.4, 0.5) is 0 Å². The Hall–Kier alpha value is -0.300. The Morgan fingerprint density at radius 3 is 2.62 bits per heavy atom. The smallest absolute Gasteiger partial charge is 0.0797 e. The minimum absolute atomic E-state index is 0.532. The molecule has 0 aromatic heterocycles. The summed E-state index contributed by atoms with van der Waals surface area (Å²) in [6.07, 6.45) is 11.8. The van der Waals surface area contributed by atoms with Gasteiger partial charge in [0, 0.05) is 0 Å². The molecule has 4 atom stereocenters. The Balaban J connectivity index is 2.32. The molecule has 0 aromatic rings. The molecule has 0 aliphatic heterocycles. The zero-order chi connectivity index (χ0) is 16.1. The molecular weight excluding hydrogens is 256 g/mol. The first-order valence-electron chi connectivity index (χ1n) is 9.04. The van der Waals surface area contributed by atoms with Crippen molar-refractivity contribution in [2.45, 2.75) is 91.6 Å². The average molecular weight is 295 g/mol. The SMILES string of the molecule is C=C[C@](C)(O)CCCC(C)CCC1C(C)CCCC1(C)C. The highest BCUT2D eigenvalue weighted by Crippen LogP contribution is 2.46. The standard InChI is InChI=1S/C20H38O/c1-7-20(6,21)15-8-10-16(2)12-13-18-17(3)11-9-14-19(18,4)5/h7,16-18,21H,1,8-15H2,2-6H3/t16?,17?,18?,20-/m0/s1. The summed E-state index contributed by atoms with van der Waals surface area (Å²) >= 11 is 0. The van der Waals surface area contributed by atoms with Crippen molar-refractivity contribution < 1.29 is 5.11 Å². The van der Waals surface area contributed by atoms with Crippen LogP contribution < -0.4 is 0 Å². The average Bonchev–Trinajstić information content (AvgIpc) is 2.37. The lowest BCUT2D eigenvalue weighted by molar-refractivity contribution is 0.0697. The van der Waals surface area contributed by atoms with E-state index < -0.39 is 5.60 Å². The van der Waals surface area contributed by atoms with Crippen molar-refractivity contribution in [2.75, 3.05) is 0 Å². The van der Waals surface area contributed by atoms with E-state index in [4.69, 9.17) is 0 Å². The molecule has 1 rings (SSSR count). The van der Waals surface area contributed by atoms with Crippen LogP contribution in [0.2, 0.25) is 0 Å². The van der Waals surface area contributed by atoms with E-state index in [-0.39, 0.29) is 0 Å². The van der Waals surface area contributed by atoms with Gasteiger partial charge < -0.3 is 5.11 Å². The first-order chi connectivity index (χ1) is 9.68. The van der Waals surface area contributed by atoms with Gasteiger partial charge in [-0.05, 0) is 49.4 Å². The molecule has 1 saturated carbocycles. The molecule has 0 heterocycles. The van der Waals surface area contributed by atoms with Gasteiger partial charge in [0.1, 0.15) is 0 Å². The molecule has 124 valence electrons. The Labute approximate surface area is 133 Å². The Morgan fingerprint density at radius 1 is 1.38 bits per heavy atom. The molecule has 1 nitrogen and oxygen atoms in total. The number of hydrogen-bond acceptors (Lipinski definition) is 1. The molecule has 21 heavy (non-hydrogen) atoms. The molecule has 0 radical (unpaired) electrons. The van der Waals surface area contributed by atoms with Gasteiger partial charge in [-0.15, -0.1) is 6.58 Å². The fraction of sp³-hybridized carbons (Fsp3) is 0.900. The van der Waals surface area contributed by atoms with E-state index in [2.05, 4.69) is 34.3 Å². The van der Waals surface area contributed by atoms with Crippen molar-refractivity contribution in [1.29, 1.82) is 0 Å². The second kappa shape index (κ2) is 7.81. The summed E-state index contributed by atoms with van der Waals surface area (Å²) in [6.45, 7) is 15.3. The third kappa shape index (κ3) is 6.14. The van der Waals surface area contributed by atoms with Gasteiger partial charge in [0.2, 0.25) is 0 Å². The van der Waals surface area contributed by atoms with Gasteiger partial charge in [-0.25, -0.2) is 0 Å². The molecule has 1 fully saturated rings. The molecule has 0 bridgehead atoms. The molecule has 0 aromatic carbocycles. The topological polar surface area (TPSA) is 20.2 Å². The predicted octanol–water partition coefficient (Wildman–Crippen LogP) is 5.97. The lowest BCUT2D eigenvalue weighted by atomic mass is 9.62. The Bertz CT molecular complexity index is 316. The number of aliphatic hydroxyl groups is 1. The molecular formula is C20H38O. The van der Waals surface area contributed by atoms with E-state index in [0.717, 1.165) is 30.6 Å². The summed E-state index contributed by atoms with van der Waals surface area (Å²) in [5.74, 6) is 2.56. The van der Waals surface area contributed by atoms with Crippen LogP contribution in [-0.2, 0) is 0 Å². The maximum absolute atomic E-state index is 9.96. The summed E-state index contributed by atoms with van der Waals surface area (Å²) in [4.78, 5) is 0. The fourth-order valence-electron chi connectivity index (χ4n) is 4.23. The van der Waals surface area contributed by atoms with Crippen LogP contribution in [0, 0.1) is 23.2 Å². The van der Waals surface area contributed by atoms with Crippen LogP contribution in [0.15, 0.2) is 12.7 Å². The van der Waals surface area contributed by atoms with Crippen LogP contribution in [0.3, 0.4) is 0 Å². The van der Waals surface area contributed by atoms with Crippen LogP contribution in [-0.4, -0.2) is 10.7 Å². The molecule has 0 saturated heterocycles. The van der Waals surface area contributed by atoms with Crippen molar-refractivity contribution in [1.82, 2.24) is 0 Å². The summed E-state index contributed by atoms with van der Waals surface area (Å²) in [7, 11) is 0. The summed E-state index contributed by atoms with van der Waals surface area (Å²) in [5, 5.41) is 9.96. The predicted molar refractivity (Wildman–Crippen MR) is 93.4 cm³/mol. The zero-order valence-corrected chi connectivity index (χ0v) is 15.1. The van der Waals surface area contributed by atoms with Gasteiger partial charge in [-0.3, -0.25) is 0 Å². The molecule has 3 unspecified atom stereocenters. The van der Waals surface area contributed by atoms with Gasteiger partial charge >= 0.3 is 0 Å². The molecule has 1 aliphatic carbocycles. The van der Waals surface area contributed by atoms with Crippen molar-refractivity contribution in [3.8, 4) is 0 Å². The lowest BCUT2D eigenvalue weighted by Crippen LogP contribution is -2.33. The van der Waals surface area contributed by atoms with Crippen molar-refractivity contribution >= 4 is 0 Å². The van der Waals surface area contributed by atoms with E-state index in [1.165, 1.54) is 38.5 Å². The van der Waals surface area contributed by atoms with Gasteiger partial charge in [0.15, 0.2) is 0 Å². The Kier molecular flexibility index (Phi) is 6.97. The van der Waals surface area contributed by atoms with Crippen LogP contribution in [0.5, 0.6) is 0 Å². The fourth-order valence-corrected chi connectivity index (χ4v) is 4.23. The molecule has 1 heteroatoms. The van der Waals surface area contributed by atoms with Crippen molar-refractivity contribution in [3.05, 3.63) is 12.7 Å². The van der Waals surface area contributed by atoms with Gasteiger partial charge in [0.25, 0.3) is 0 Å².